The van der Waals surface area contributed by atoms with Gasteiger partial charge in [0, 0.05) is 35.1 Å². The largest absolute Gasteiger partial charge is 0.454 e. The summed E-state index contributed by atoms with van der Waals surface area (Å²) in [6.45, 7) is 6.60. The number of ether oxygens (including phenoxy) is 1. The van der Waals surface area contributed by atoms with Crippen molar-refractivity contribution in [3.05, 3.63) is 65.1 Å². The molecule has 0 amide bonds. The molecule has 5 heteroatoms. The van der Waals surface area contributed by atoms with Crippen LogP contribution >= 0.6 is 0 Å². The number of ketones is 1. The molecule has 2 heterocycles. The molecule has 0 aliphatic heterocycles. The highest BCUT2D eigenvalue weighted by molar-refractivity contribution is 6.05. The Hall–Kier alpha value is -2.95. The molecule has 3 aromatic rings. The molecular formula is C21H22N2O3. The number of benzene rings is 1. The minimum absolute atomic E-state index is 0.188. The van der Waals surface area contributed by atoms with Crippen LogP contribution in [-0.2, 0) is 11.3 Å². The molecule has 0 atom stereocenters. The van der Waals surface area contributed by atoms with Gasteiger partial charge in [0.05, 0.1) is 11.1 Å². The molecule has 26 heavy (non-hydrogen) atoms. The van der Waals surface area contributed by atoms with Crippen molar-refractivity contribution in [1.82, 2.24) is 9.55 Å². The maximum absolute atomic E-state index is 12.5. The summed E-state index contributed by atoms with van der Waals surface area (Å²) in [5.74, 6) is -0.702. The third-order valence-corrected chi connectivity index (χ3v) is 4.52. The second-order valence-electron chi connectivity index (χ2n) is 6.31. The maximum atomic E-state index is 12.5. The Morgan fingerprint density at radius 2 is 1.92 bits per heavy atom. The highest BCUT2D eigenvalue weighted by Crippen LogP contribution is 2.19. The number of carbonyl (C=O) groups excluding carboxylic acids is 2. The van der Waals surface area contributed by atoms with Crippen molar-refractivity contribution in [2.75, 3.05) is 6.61 Å². The molecule has 3 rings (SSSR count). The van der Waals surface area contributed by atoms with Gasteiger partial charge in [0.25, 0.3) is 0 Å². The second kappa shape index (κ2) is 7.52. The molecule has 0 bridgehead atoms. The van der Waals surface area contributed by atoms with Crippen molar-refractivity contribution in [1.29, 1.82) is 0 Å². The first-order valence-electron chi connectivity index (χ1n) is 8.73. The normalized spacial score (nSPS) is 10.9. The van der Waals surface area contributed by atoms with Crippen LogP contribution in [0.1, 0.15) is 45.4 Å². The number of hydrogen-bond acceptors (Lipinski definition) is 4. The van der Waals surface area contributed by atoms with E-state index in [9.17, 15) is 9.59 Å². The van der Waals surface area contributed by atoms with Gasteiger partial charge in [-0.25, -0.2) is 4.79 Å². The highest BCUT2D eigenvalue weighted by atomic mass is 16.5. The lowest BCUT2D eigenvalue weighted by molar-refractivity contribution is 0.0476. The monoisotopic (exact) mass is 350 g/mol. The maximum Gasteiger partial charge on any atom is 0.339 e. The predicted molar refractivity (Wildman–Crippen MR) is 101 cm³/mol. The van der Waals surface area contributed by atoms with Crippen LogP contribution in [0, 0.1) is 13.8 Å². The topological polar surface area (TPSA) is 61.2 Å². The minimum Gasteiger partial charge on any atom is -0.454 e. The van der Waals surface area contributed by atoms with Gasteiger partial charge in [0.2, 0.25) is 5.78 Å². The van der Waals surface area contributed by atoms with Crippen LogP contribution in [0.25, 0.3) is 10.9 Å². The summed E-state index contributed by atoms with van der Waals surface area (Å²) in [5, 5.41) is 0.716. The Balaban J connectivity index is 1.75. The van der Waals surface area contributed by atoms with Crippen molar-refractivity contribution in [3.8, 4) is 0 Å². The third kappa shape index (κ3) is 3.38. The first kappa shape index (κ1) is 17.9. The van der Waals surface area contributed by atoms with E-state index in [1.165, 1.54) is 0 Å². The quantitative estimate of drug-likeness (QED) is 0.496. The van der Waals surface area contributed by atoms with E-state index in [0.717, 1.165) is 29.9 Å². The molecule has 0 fully saturated rings. The number of esters is 1. The number of aryl methyl sites for hydroxylation is 1. The number of hydrogen-bond donors (Lipinski definition) is 0. The van der Waals surface area contributed by atoms with Crippen molar-refractivity contribution in [3.63, 3.8) is 0 Å². The lowest BCUT2D eigenvalue weighted by Gasteiger charge is -2.08. The lowest BCUT2D eigenvalue weighted by Crippen LogP contribution is -2.15. The first-order valence-corrected chi connectivity index (χ1v) is 8.73. The van der Waals surface area contributed by atoms with E-state index >= 15 is 0 Å². The summed E-state index contributed by atoms with van der Waals surface area (Å²) in [4.78, 5) is 29.2. The Labute approximate surface area is 152 Å². The molecule has 2 aromatic heterocycles. The SMILES string of the molecule is CCCn1c(C)cc(C(=O)COC(=O)c2cccc3ncccc23)c1C. The average Bonchev–Trinajstić information content (AvgIpc) is 2.94. The summed E-state index contributed by atoms with van der Waals surface area (Å²) >= 11 is 0. The van der Waals surface area contributed by atoms with Crippen molar-refractivity contribution in [2.24, 2.45) is 0 Å². The highest BCUT2D eigenvalue weighted by Gasteiger charge is 2.18. The van der Waals surface area contributed by atoms with Crippen LogP contribution in [0.4, 0.5) is 0 Å². The fourth-order valence-corrected chi connectivity index (χ4v) is 3.22. The van der Waals surface area contributed by atoms with Gasteiger partial charge >= 0.3 is 5.97 Å². The van der Waals surface area contributed by atoms with Crippen LogP contribution in [-0.4, -0.2) is 27.9 Å². The molecule has 134 valence electrons. The fourth-order valence-electron chi connectivity index (χ4n) is 3.22. The van der Waals surface area contributed by atoms with Gasteiger partial charge in [-0.1, -0.05) is 19.1 Å². The second-order valence-corrected chi connectivity index (χ2v) is 6.31. The van der Waals surface area contributed by atoms with E-state index in [0.29, 0.717) is 16.5 Å². The standard InChI is InChI=1S/C21H22N2O3/c1-4-11-23-14(2)12-18(15(23)3)20(24)13-26-21(25)17-7-5-9-19-16(17)8-6-10-22-19/h5-10,12H,4,11,13H2,1-3H3. The van der Waals surface area contributed by atoms with E-state index in [2.05, 4.69) is 16.5 Å². The lowest BCUT2D eigenvalue weighted by atomic mass is 10.1. The zero-order chi connectivity index (χ0) is 18.7. The fraction of sp³-hybridized carbons (Fsp3) is 0.286. The van der Waals surface area contributed by atoms with Gasteiger partial charge in [-0.15, -0.1) is 0 Å². The Bertz CT molecular complexity index is 967. The first-order chi connectivity index (χ1) is 12.5. The van der Waals surface area contributed by atoms with Crippen LogP contribution in [0.2, 0.25) is 0 Å². The van der Waals surface area contributed by atoms with Crippen LogP contribution in [0.15, 0.2) is 42.6 Å². The third-order valence-electron chi connectivity index (χ3n) is 4.52. The van der Waals surface area contributed by atoms with Gasteiger partial charge in [0.15, 0.2) is 6.61 Å². The molecule has 0 radical (unpaired) electrons. The van der Waals surface area contributed by atoms with Gasteiger partial charge in [-0.05, 0) is 44.5 Å². The van der Waals surface area contributed by atoms with E-state index < -0.39 is 5.97 Å². The van der Waals surface area contributed by atoms with Gasteiger partial charge in [0.1, 0.15) is 0 Å². The number of fused-ring (bicyclic) bond motifs is 1. The molecule has 0 aliphatic rings. The Morgan fingerprint density at radius 1 is 1.12 bits per heavy atom. The molecule has 0 saturated carbocycles. The number of Topliss-reactive ketones (excluding diaryl/α,β-unsaturated/α-hetero) is 1. The predicted octanol–water partition coefficient (Wildman–Crippen LogP) is 4.10. The zero-order valence-electron chi connectivity index (χ0n) is 15.3. The molecule has 0 N–H and O–H groups in total. The molecule has 5 nitrogen and oxygen atoms in total. The van der Waals surface area contributed by atoms with E-state index in [1.807, 2.05) is 32.0 Å². The molecular weight excluding hydrogens is 328 g/mol. The number of aromatic nitrogens is 2. The zero-order valence-corrected chi connectivity index (χ0v) is 15.3. The van der Waals surface area contributed by atoms with E-state index in [1.54, 1.807) is 24.4 Å². The summed E-state index contributed by atoms with van der Waals surface area (Å²) in [7, 11) is 0. The van der Waals surface area contributed by atoms with Crippen molar-refractivity contribution < 1.29 is 14.3 Å². The van der Waals surface area contributed by atoms with Gasteiger partial charge < -0.3 is 9.30 Å². The molecule has 0 unspecified atom stereocenters. The summed E-state index contributed by atoms with van der Waals surface area (Å²) in [6.07, 6.45) is 2.67. The number of carbonyl (C=O) groups is 2. The summed E-state index contributed by atoms with van der Waals surface area (Å²) in [5.41, 5.74) is 3.71. The molecule has 1 aromatic carbocycles. The number of pyridine rings is 1. The van der Waals surface area contributed by atoms with E-state index in [-0.39, 0.29) is 12.4 Å². The molecule has 0 aliphatic carbocycles. The van der Waals surface area contributed by atoms with Gasteiger partial charge in [-0.2, -0.15) is 0 Å². The van der Waals surface area contributed by atoms with Crippen LogP contribution < -0.4 is 0 Å². The smallest absolute Gasteiger partial charge is 0.339 e. The minimum atomic E-state index is -0.515. The van der Waals surface area contributed by atoms with E-state index in [4.69, 9.17) is 4.74 Å². The number of nitrogens with zero attached hydrogens (tertiary/aromatic N) is 2. The average molecular weight is 350 g/mol. The molecule has 0 spiro atoms. The molecule has 0 saturated heterocycles. The number of rotatable bonds is 6. The van der Waals surface area contributed by atoms with Crippen LogP contribution in [0.5, 0.6) is 0 Å². The van der Waals surface area contributed by atoms with Crippen molar-refractivity contribution >= 4 is 22.7 Å². The van der Waals surface area contributed by atoms with Crippen molar-refractivity contribution in [2.45, 2.75) is 33.7 Å². The summed E-state index contributed by atoms with van der Waals surface area (Å²) < 4.78 is 7.41. The summed E-state index contributed by atoms with van der Waals surface area (Å²) in [6, 6.07) is 10.7. The van der Waals surface area contributed by atoms with Crippen LogP contribution in [0.3, 0.4) is 0 Å². The van der Waals surface area contributed by atoms with Gasteiger partial charge in [-0.3, -0.25) is 9.78 Å². The Morgan fingerprint density at radius 3 is 2.69 bits per heavy atom. The Kier molecular flexibility index (Phi) is 5.16.